The average molecular weight is 743 g/mol. The molecule has 0 radical (unpaired) electrons. The van der Waals surface area contributed by atoms with Crippen molar-refractivity contribution in [3.63, 3.8) is 0 Å². The molecule has 282 valence electrons. The van der Waals surface area contributed by atoms with Crippen LogP contribution in [0.5, 0.6) is 11.5 Å². The van der Waals surface area contributed by atoms with Crippen LogP contribution in [0.15, 0.2) is 94.6 Å². The van der Waals surface area contributed by atoms with E-state index >= 15 is 0 Å². The molecule has 3 aromatic carbocycles. The minimum atomic E-state index is -2.71. The molecule has 0 unspecified atom stereocenters. The Kier molecular flexibility index (Phi) is 11.6. The van der Waals surface area contributed by atoms with Gasteiger partial charge in [-0.25, -0.2) is 4.79 Å². The number of aromatic amines is 1. The second kappa shape index (κ2) is 15.5. The number of methoxy groups -OCH3 is 2. The zero-order valence-electron chi connectivity index (χ0n) is 31.8. The first-order chi connectivity index (χ1) is 25.0. The second-order valence-corrected chi connectivity index (χ2v) is 19.6. The first-order valence-electron chi connectivity index (χ1n) is 17.5. The Hall–Kier alpha value is -4.48. The molecular weight excluding hydrogens is 693 g/mol. The van der Waals surface area contributed by atoms with E-state index in [2.05, 4.69) is 31.7 Å². The molecule has 0 saturated carbocycles. The summed E-state index contributed by atoms with van der Waals surface area (Å²) in [5.74, 6) is 2.05. The highest BCUT2D eigenvalue weighted by atomic mass is 28.4. The number of aliphatic hydroxyl groups is 1. The van der Waals surface area contributed by atoms with Crippen molar-refractivity contribution in [1.82, 2.24) is 9.55 Å². The van der Waals surface area contributed by atoms with Crippen molar-refractivity contribution in [3.05, 3.63) is 128 Å². The summed E-state index contributed by atoms with van der Waals surface area (Å²) in [6, 6.07) is 24.8. The number of benzene rings is 3. The van der Waals surface area contributed by atoms with Crippen LogP contribution in [0.1, 0.15) is 56.2 Å². The third kappa shape index (κ3) is 7.78. The van der Waals surface area contributed by atoms with Crippen LogP contribution in [-0.4, -0.2) is 67.9 Å². The quantitative estimate of drug-likeness (QED) is 0.0980. The van der Waals surface area contributed by atoms with E-state index in [0.717, 1.165) is 21.3 Å². The van der Waals surface area contributed by atoms with E-state index in [1.807, 2.05) is 92.0 Å². The molecule has 0 spiro atoms. The molecule has 5 rings (SSSR count). The van der Waals surface area contributed by atoms with E-state index in [1.54, 1.807) is 28.1 Å². The average Bonchev–Trinajstić information content (AvgIpc) is 3.39. The lowest BCUT2D eigenvalue weighted by molar-refractivity contribution is -0.300. The zero-order chi connectivity index (χ0) is 38.8. The standard InChI is InChI=1S/C41H50N2O9Si/c1-11-28(3)50-40(35(52-53(9,10)39(4,5)6)34(44)37(51-40)43-25-27(2)36(45)42-38(43)46)26-49-41(29-15-13-12-14-16-29,30-17-21-32(47-7)22-18-30)31-19-23-33(48-8)24-20-31/h1,12-25,28,34-35,37,44H,26H2,2-10H3,(H,42,45,46)/t28-,34-,35+,37-,40-/m1/s1. The highest BCUT2D eigenvalue weighted by Gasteiger charge is 2.61. The van der Waals surface area contributed by atoms with Gasteiger partial charge in [-0.2, -0.15) is 0 Å². The minimum Gasteiger partial charge on any atom is -0.497 e. The summed E-state index contributed by atoms with van der Waals surface area (Å²) >= 11 is 0. The predicted molar refractivity (Wildman–Crippen MR) is 205 cm³/mol. The smallest absolute Gasteiger partial charge is 0.330 e. The van der Waals surface area contributed by atoms with Gasteiger partial charge in [0.1, 0.15) is 42.0 Å². The highest BCUT2D eigenvalue weighted by molar-refractivity contribution is 6.74. The Bertz CT molecular complexity index is 1970. The van der Waals surface area contributed by atoms with E-state index in [0.29, 0.717) is 11.5 Å². The molecule has 1 saturated heterocycles. The molecule has 1 fully saturated rings. The lowest BCUT2D eigenvalue weighted by Crippen LogP contribution is -2.58. The van der Waals surface area contributed by atoms with Crippen LogP contribution < -0.4 is 20.7 Å². The normalized spacial score (nSPS) is 21.2. The molecule has 53 heavy (non-hydrogen) atoms. The van der Waals surface area contributed by atoms with Crippen LogP contribution in [0.25, 0.3) is 0 Å². The van der Waals surface area contributed by atoms with E-state index in [4.69, 9.17) is 34.5 Å². The Morgan fingerprint density at radius 1 is 0.943 bits per heavy atom. The fourth-order valence-electron chi connectivity index (χ4n) is 6.26. The maximum absolute atomic E-state index is 13.3. The monoisotopic (exact) mass is 742 g/mol. The number of nitrogens with zero attached hydrogens (tertiary/aromatic N) is 1. The van der Waals surface area contributed by atoms with Gasteiger partial charge in [-0.3, -0.25) is 14.3 Å². The van der Waals surface area contributed by atoms with Crippen LogP contribution in [0.4, 0.5) is 0 Å². The van der Waals surface area contributed by atoms with E-state index in [9.17, 15) is 14.7 Å². The van der Waals surface area contributed by atoms with Gasteiger partial charge in [-0.1, -0.05) is 81.3 Å². The SMILES string of the molecule is C#C[C@@H](C)O[C@]1(COC(c2ccccc2)(c2ccc(OC)cc2)c2ccc(OC)cc2)O[C@@H](n2cc(C)c(=O)[nH]c2=O)[C@H](O)[C@@H]1O[Si](C)(C)C(C)(C)C. The summed E-state index contributed by atoms with van der Waals surface area (Å²) in [5.41, 5.74) is -0.109. The molecule has 5 atom stereocenters. The number of ether oxygens (including phenoxy) is 5. The zero-order valence-corrected chi connectivity index (χ0v) is 32.8. The van der Waals surface area contributed by atoms with Gasteiger partial charge in [0.05, 0.1) is 14.2 Å². The minimum absolute atomic E-state index is 0.246. The van der Waals surface area contributed by atoms with Gasteiger partial charge >= 0.3 is 5.69 Å². The van der Waals surface area contributed by atoms with Gasteiger partial charge in [0, 0.05) is 11.8 Å². The number of rotatable bonds is 13. The van der Waals surface area contributed by atoms with E-state index in [1.165, 1.54) is 6.20 Å². The van der Waals surface area contributed by atoms with E-state index in [-0.39, 0.29) is 17.2 Å². The molecule has 2 N–H and O–H groups in total. The van der Waals surface area contributed by atoms with Crippen molar-refractivity contribution < 1.29 is 33.2 Å². The van der Waals surface area contributed by atoms with Crippen molar-refractivity contribution in [2.45, 2.75) is 88.7 Å². The van der Waals surface area contributed by atoms with Gasteiger partial charge in [-0.05, 0) is 72.9 Å². The Morgan fingerprint density at radius 3 is 1.96 bits per heavy atom. The van der Waals surface area contributed by atoms with Gasteiger partial charge < -0.3 is 33.2 Å². The van der Waals surface area contributed by atoms with Crippen LogP contribution >= 0.6 is 0 Å². The van der Waals surface area contributed by atoms with Crippen LogP contribution in [-0.2, 0) is 24.2 Å². The molecule has 0 bridgehead atoms. The summed E-state index contributed by atoms with van der Waals surface area (Å²) in [7, 11) is 0.489. The van der Waals surface area contributed by atoms with Gasteiger partial charge in [-0.15, -0.1) is 6.42 Å². The summed E-state index contributed by atoms with van der Waals surface area (Å²) in [4.78, 5) is 28.0. The maximum atomic E-state index is 13.3. The summed E-state index contributed by atoms with van der Waals surface area (Å²) < 4.78 is 39.8. The number of aromatic nitrogens is 2. The number of aryl methyl sites for hydroxylation is 1. The summed E-state index contributed by atoms with van der Waals surface area (Å²) in [6.07, 6.45) is 2.40. The molecule has 1 aromatic heterocycles. The number of H-pyrrole nitrogens is 1. The molecule has 12 heteroatoms. The fraction of sp³-hybridized carbons (Fsp3) is 0.415. The van der Waals surface area contributed by atoms with Crippen LogP contribution in [0, 0.1) is 19.3 Å². The van der Waals surface area contributed by atoms with Crippen molar-refractivity contribution in [3.8, 4) is 23.8 Å². The third-order valence-corrected chi connectivity index (χ3v) is 14.7. The largest absolute Gasteiger partial charge is 0.497 e. The van der Waals surface area contributed by atoms with Crippen molar-refractivity contribution in [2.24, 2.45) is 0 Å². The number of terminal acetylenes is 1. The molecule has 1 aliphatic rings. The number of hydrogen-bond acceptors (Lipinski definition) is 9. The molecule has 0 amide bonds. The molecule has 11 nitrogen and oxygen atoms in total. The lowest BCUT2D eigenvalue weighted by atomic mass is 9.80. The third-order valence-electron chi connectivity index (χ3n) is 10.3. The summed E-state index contributed by atoms with van der Waals surface area (Å²) in [5, 5.41) is 11.9. The topological polar surface area (TPSA) is 130 Å². The van der Waals surface area contributed by atoms with Gasteiger partial charge in [0.15, 0.2) is 14.5 Å². The first-order valence-corrected chi connectivity index (χ1v) is 20.4. The van der Waals surface area contributed by atoms with Crippen LogP contribution in [0.2, 0.25) is 18.1 Å². The van der Waals surface area contributed by atoms with Crippen LogP contribution in [0.3, 0.4) is 0 Å². The summed E-state index contributed by atoms with van der Waals surface area (Å²) in [6.45, 7) is 13.2. The van der Waals surface area contributed by atoms with E-state index < -0.39 is 55.5 Å². The second-order valence-electron chi connectivity index (χ2n) is 14.8. The van der Waals surface area contributed by atoms with Crippen molar-refractivity contribution in [1.29, 1.82) is 0 Å². The van der Waals surface area contributed by atoms with Gasteiger partial charge in [0.2, 0.25) is 5.79 Å². The predicted octanol–water partition coefficient (Wildman–Crippen LogP) is 5.89. The molecule has 1 aliphatic heterocycles. The van der Waals surface area contributed by atoms with Crippen molar-refractivity contribution in [2.75, 3.05) is 20.8 Å². The Labute approximate surface area is 311 Å². The number of nitrogens with one attached hydrogen (secondary N) is 1. The van der Waals surface area contributed by atoms with Gasteiger partial charge in [0.25, 0.3) is 5.56 Å². The number of hydrogen-bond donors (Lipinski definition) is 2. The maximum Gasteiger partial charge on any atom is 0.330 e. The molecule has 0 aliphatic carbocycles. The van der Waals surface area contributed by atoms with Crippen molar-refractivity contribution >= 4 is 8.32 Å². The molecule has 4 aromatic rings. The fourth-order valence-corrected chi connectivity index (χ4v) is 7.57. The Balaban J connectivity index is 1.76. The first kappa shape index (κ1) is 39.7. The number of aliphatic hydroxyl groups excluding tert-OH is 1. The Morgan fingerprint density at radius 2 is 1.47 bits per heavy atom. The molecule has 2 heterocycles. The molecular formula is C41H50N2O9Si. The highest BCUT2D eigenvalue weighted by Crippen LogP contribution is 2.48. The lowest BCUT2D eigenvalue weighted by Gasteiger charge is -2.45.